The van der Waals surface area contributed by atoms with Gasteiger partial charge in [0.05, 0.1) is 17.2 Å². The van der Waals surface area contributed by atoms with Crippen LogP contribution in [0.5, 0.6) is 5.75 Å². The van der Waals surface area contributed by atoms with Crippen LogP contribution in [0.25, 0.3) is 11.3 Å². The normalized spacial score (nSPS) is 14.5. The molecule has 1 aliphatic rings. The fourth-order valence-electron chi connectivity index (χ4n) is 2.94. The van der Waals surface area contributed by atoms with Gasteiger partial charge in [0.25, 0.3) is 0 Å². The second-order valence-corrected chi connectivity index (χ2v) is 5.52. The van der Waals surface area contributed by atoms with Crippen LogP contribution in [0, 0.1) is 10.1 Å². The van der Waals surface area contributed by atoms with Gasteiger partial charge in [0.2, 0.25) is 0 Å². The first kappa shape index (κ1) is 15.5. The van der Waals surface area contributed by atoms with Crippen molar-refractivity contribution < 1.29 is 9.66 Å². The molecule has 0 aliphatic carbocycles. The summed E-state index contributed by atoms with van der Waals surface area (Å²) in [6.45, 7) is 7.14. The number of hydrogen-bond donors (Lipinski definition) is 1. The number of likely N-dealkylation sites (N-methyl/N-ethyl adjacent to an activating group) is 1. The van der Waals surface area contributed by atoms with Crippen LogP contribution in [0.15, 0.2) is 18.2 Å². The lowest BCUT2D eigenvalue weighted by Crippen LogP contribution is -2.30. The Labute approximate surface area is 134 Å². The van der Waals surface area contributed by atoms with E-state index in [0.29, 0.717) is 12.4 Å². The summed E-state index contributed by atoms with van der Waals surface area (Å²) in [6.07, 6.45) is 0.926. The van der Waals surface area contributed by atoms with Gasteiger partial charge in [-0.1, -0.05) is 6.92 Å². The largest absolute Gasteiger partial charge is 0.487 e. The van der Waals surface area contributed by atoms with Gasteiger partial charge in [-0.3, -0.25) is 20.1 Å². The highest BCUT2D eigenvalue weighted by atomic mass is 16.6. The molecular formula is C16H20N4O3. The number of nitrogens with zero attached hydrogens (tertiary/aromatic N) is 3. The number of hydrogen-bond acceptors (Lipinski definition) is 5. The first-order chi connectivity index (χ1) is 11.1. The van der Waals surface area contributed by atoms with Crippen molar-refractivity contribution in [2.75, 3.05) is 19.7 Å². The van der Waals surface area contributed by atoms with Crippen molar-refractivity contribution in [3.8, 4) is 17.0 Å². The summed E-state index contributed by atoms with van der Waals surface area (Å²) in [5.74, 6) is 0.292. The molecule has 3 rings (SSSR count). The summed E-state index contributed by atoms with van der Waals surface area (Å²) >= 11 is 0. The second-order valence-electron chi connectivity index (χ2n) is 5.52. The Hall–Kier alpha value is -2.41. The molecule has 2 heterocycles. The van der Waals surface area contributed by atoms with Crippen LogP contribution in [0.1, 0.15) is 25.1 Å². The molecule has 1 aliphatic heterocycles. The third kappa shape index (κ3) is 2.92. The Kier molecular flexibility index (Phi) is 4.29. The molecule has 1 N–H and O–H groups in total. The SMILES string of the molecule is CCOc1ccc(-c2n[nH]c3c2CN(CC)CC3)cc1[N+](=O)[O-]. The van der Waals surface area contributed by atoms with Gasteiger partial charge in [-0.2, -0.15) is 5.10 Å². The van der Waals surface area contributed by atoms with Crippen molar-refractivity contribution in [1.82, 2.24) is 15.1 Å². The van der Waals surface area contributed by atoms with E-state index in [1.165, 1.54) is 0 Å². The molecule has 0 fully saturated rings. The fourth-order valence-corrected chi connectivity index (χ4v) is 2.94. The molecule has 0 amide bonds. The predicted octanol–water partition coefficient (Wildman–Crippen LogP) is 2.76. The zero-order valence-corrected chi connectivity index (χ0v) is 13.3. The molecule has 0 atom stereocenters. The van der Waals surface area contributed by atoms with Crippen molar-refractivity contribution in [3.63, 3.8) is 0 Å². The minimum Gasteiger partial charge on any atom is -0.487 e. The molecule has 0 spiro atoms. The number of H-pyrrole nitrogens is 1. The zero-order valence-electron chi connectivity index (χ0n) is 13.3. The number of benzene rings is 1. The minimum absolute atomic E-state index is 0.0238. The zero-order chi connectivity index (χ0) is 16.4. The molecule has 122 valence electrons. The molecule has 7 nitrogen and oxygen atoms in total. The van der Waals surface area contributed by atoms with E-state index in [4.69, 9.17) is 4.74 Å². The van der Waals surface area contributed by atoms with Gasteiger partial charge >= 0.3 is 5.69 Å². The van der Waals surface area contributed by atoms with E-state index in [1.54, 1.807) is 19.1 Å². The quantitative estimate of drug-likeness (QED) is 0.677. The van der Waals surface area contributed by atoms with E-state index in [1.807, 2.05) is 6.07 Å². The van der Waals surface area contributed by atoms with Gasteiger partial charge in [-0.15, -0.1) is 0 Å². The number of nitro groups is 1. The lowest BCUT2D eigenvalue weighted by atomic mass is 10.0. The van der Waals surface area contributed by atoms with Gasteiger partial charge in [0.15, 0.2) is 5.75 Å². The van der Waals surface area contributed by atoms with Gasteiger partial charge in [0.1, 0.15) is 0 Å². The Balaban J connectivity index is 2.01. The maximum Gasteiger partial charge on any atom is 0.311 e. The van der Waals surface area contributed by atoms with Crippen LogP contribution >= 0.6 is 0 Å². The summed E-state index contributed by atoms with van der Waals surface area (Å²) in [7, 11) is 0. The topological polar surface area (TPSA) is 84.3 Å². The summed E-state index contributed by atoms with van der Waals surface area (Å²) in [5, 5.41) is 18.8. The third-order valence-corrected chi connectivity index (χ3v) is 4.19. The van der Waals surface area contributed by atoms with Crippen molar-refractivity contribution in [3.05, 3.63) is 39.6 Å². The molecule has 1 aromatic heterocycles. The molecule has 0 bridgehead atoms. The maximum atomic E-state index is 11.3. The lowest BCUT2D eigenvalue weighted by Gasteiger charge is -2.25. The highest BCUT2D eigenvalue weighted by molar-refractivity contribution is 5.69. The van der Waals surface area contributed by atoms with Crippen molar-refractivity contribution >= 4 is 5.69 Å². The molecule has 23 heavy (non-hydrogen) atoms. The van der Waals surface area contributed by atoms with Crippen molar-refractivity contribution in [1.29, 1.82) is 0 Å². The van der Waals surface area contributed by atoms with Gasteiger partial charge in [-0.05, 0) is 25.6 Å². The van der Waals surface area contributed by atoms with E-state index in [-0.39, 0.29) is 5.69 Å². The van der Waals surface area contributed by atoms with Crippen molar-refractivity contribution in [2.24, 2.45) is 0 Å². The number of aromatic nitrogens is 2. The smallest absolute Gasteiger partial charge is 0.311 e. The molecular weight excluding hydrogens is 296 g/mol. The second kappa shape index (κ2) is 6.37. The standard InChI is InChI=1S/C16H20N4O3/c1-3-19-8-7-13-12(10-19)16(18-17-13)11-5-6-15(23-4-2)14(9-11)20(21)22/h5-6,9H,3-4,7-8,10H2,1-2H3,(H,17,18). The Morgan fingerprint density at radius 1 is 1.43 bits per heavy atom. The lowest BCUT2D eigenvalue weighted by molar-refractivity contribution is -0.385. The predicted molar refractivity (Wildman–Crippen MR) is 86.5 cm³/mol. The van der Waals surface area contributed by atoms with Gasteiger partial charge < -0.3 is 4.74 Å². The number of nitrogens with one attached hydrogen (secondary N) is 1. The van der Waals surface area contributed by atoms with E-state index < -0.39 is 4.92 Å². The summed E-state index contributed by atoms with van der Waals surface area (Å²) in [5.41, 5.74) is 3.78. The molecule has 0 radical (unpaired) electrons. The Bertz CT molecular complexity index is 726. The highest BCUT2D eigenvalue weighted by Gasteiger charge is 2.24. The molecule has 0 saturated carbocycles. The van der Waals surface area contributed by atoms with Crippen LogP contribution in [0.4, 0.5) is 5.69 Å². The van der Waals surface area contributed by atoms with Crippen LogP contribution in [0.3, 0.4) is 0 Å². The van der Waals surface area contributed by atoms with Crippen LogP contribution in [-0.4, -0.2) is 39.7 Å². The molecule has 0 saturated heterocycles. The van der Waals surface area contributed by atoms with Crippen LogP contribution < -0.4 is 4.74 Å². The third-order valence-electron chi connectivity index (χ3n) is 4.19. The maximum absolute atomic E-state index is 11.3. The minimum atomic E-state index is -0.411. The average molecular weight is 316 g/mol. The average Bonchev–Trinajstić information content (AvgIpc) is 2.98. The van der Waals surface area contributed by atoms with Crippen LogP contribution in [-0.2, 0) is 13.0 Å². The van der Waals surface area contributed by atoms with Gasteiger partial charge in [-0.25, -0.2) is 0 Å². The number of fused-ring (bicyclic) bond motifs is 1. The summed E-state index contributed by atoms with van der Waals surface area (Å²) in [4.78, 5) is 13.2. The fraction of sp³-hybridized carbons (Fsp3) is 0.438. The van der Waals surface area contributed by atoms with Crippen LogP contribution in [0.2, 0.25) is 0 Å². The molecule has 7 heteroatoms. The van der Waals surface area contributed by atoms with E-state index in [0.717, 1.165) is 48.6 Å². The Morgan fingerprint density at radius 3 is 2.96 bits per heavy atom. The Morgan fingerprint density at radius 2 is 2.26 bits per heavy atom. The molecule has 0 unspecified atom stereocenters. The molecule has 1 aromatic carbocycles. The number of rotatable bonds is 5. The van der Waals surface area contributed by atoms with E-state index >= 15 is 0 Å². The van der Waals surface area contributed by atoms with Gasteiger partial charge in [0, 0.05) is 42.4 Å². The highest BCUT2D eigenvalue weighted by Crippen LogP contribution is 2.34. The number of aromatic amines is 1. The first-order valence-corrected chi connectivity index (χ1v) is 7.84. The first-order valence-electron chi connectivity index (χ1n) is 7.84. The monoisotopic (exact) mass is 316 g/mol. The molecule has 2 aromatic rings. The number of ether oxygens (including phenoxy) is 1. The van der Waals surface area contributed by atoms with E-state index in [9.17, 15) is 10.1 Å². The summed E-state index contributed by atoms with van der Waals surface area (Å²) < 4.78 is 5.34. The summed E-state index contributed by atoms with van der Waals surface area (Å²) in [6, 6.07) is 5.03. The number of nitro benzene ring substituents is 1. The van der Waals surface area contributed by atoms with Crippen molar-refractivity contribution in [2.45, 2.75) is 26.8 Å². The van der Waals surface area contributed by atoms with E-state index in [2.05, 4.69) is 22.0 Å².